The summed E-state index contributed by atoms with van der Waals surface area (Å²) < 4.78 is 4.75. The van der Waals surface area contributed by atoms with Gasteiger partial charge in [0.1, 0.15) is 0 Å². The van der Waals surface area contributed by atoms with Crippen molar-refractivity contribution in [1.29, 1.82) is 0 Å². The Morgan fingerprint density at radius 3 is 2.56 bits per heavy atom. The molecule has 7 nitrogen and oxygen atoms in total. The molecule has 8 heteroatoms. The van der Waals surface area contributed by atoms with Gasteiger partial charge in [-0.15, -0.1) is 0 Å². The molecule has 0 fully saturated rings. The van der Waals surface area contributed by atoms with E-state index in [2.05, 4.69) is 10.6 Å². The standard InChI is InChI=1S/C26H24ClN3O4/c1-16-12-19-9-8-17(13-23(19)30(16)24(31)18-6-4-3-5-7-18)15-28-26(33)29-22-14-20(27)10-11-21(22)25(32)34-2/h3-11,13-14,16H,12,15H2,1-2H3,(H2,28,29,33). The van der Waals surface area contributed by atoms with Gasteiger partial charge in [-0.2, -0.15) is 0 Å². The summed E-state index contributed by atoms with van der Waals surface area (Å²) in [5, 5.41) is 5.80. The highest BCUT2D eigenvalue weighted by molar-refractivity contribution is 6.31. The van der Waals surface area contributed by atoms with Gasteiger partial charge in [-0.05, 0) is 60.9 Å². The lowest BCUT2D eigenvalue weighted by Crippen LogP contribution is -2.35. The molecule has 1 unspecified atom stereocenters. The molecule has 1 atom stereocenters. The number of nitrogens with one attached hydrogen (secondary N) is 2. The van der Waals surface area contributed by atoms with Gasteiger partial charge in [0.05, 0.1) is 18.4 Å². The summed E-state index contributed by atoms with van der Waals surface area (Å²) in [6.07, 6.45) is 0.771. The zero-order valence-corrected chi connectivity index (χ0v) is 19.6. The van der Waals surface area contributed by atoms with Crippen molar-refractivity contribution in [3.8, 4) is 0 Å². The number of methoxy groups -OCH3 is 1. The molecular weight excluding hydrogens is 454 g/mol. The van der Waals surface area contributed by atoms with Crippen molar-refractivity contribution in [2.45, 2.75) is 25.9 Å². The summed E-state index contributed by atoms with van der Waals surface area (Å²) in [4.78, 5) is 39.4. The monoisotopic (exact) mass is 477 g/mol. The Hall–Kier alpha value is -3.84. The maximum Gasteiger partial charge on any atom is 0.339 e. The number of halogens is 1. The molecule has 0 radical (unpaired) electrons. The van der Waals surface area contributed by atoms with Gasteiger partial charge in [-0.25, -0.2) is 9.59 Å². The van der Waals surface area contributed by atoms with E-state index in [1.165, 1.54) is 19.2 Å². The van der Waals surface area contributed by atoms with Crippen LogP contribution < -0.4 is 15.5 Å². The number of rotatable bonds is 5. The lowest BCUT2D eigenvalue weighted by atomic mass is 10.1. The van der Waals surface area contributed by atoms with Crippen LogP contribution in [0.5, 0.6) is 0 Å². The number of esters is 1. The van der Waals surface area contributed by atoms with Crippen LogP contribution in [0.1, 0.15) is 38.8 Å². The molecule has 0 saturated carbocycles. The van der Waals surface area contributed by atoms with E-state index in [4.69, 9.17) is 16.3 Å². The summed E-state index contributed by atoms with van der Waals surface area (Å²) >= 11 is 6.01. The molecule has 0 spiro atoms. The lowest BCUT2D eigenvalue weighted by Gasteiger charge is -2.23. The van der Waals surface area contributed by atoms with Crippen LogP contribution in [-0.2, 0) is 17.7 Å². The molecular formula is C26H24ClN3O4. The van der Waals surface area contributed by atoms with Crippen molar-refractivity contribution in [3.63, 3.8) is 0 Å². The van der Waals surface area contributed by atoms with Gasteiger partial charge in [0.25, 0.3) is 5.91 Å². The Kier molecular flexibility index (Phi) is 6.84. The van der Waals surface area contributed by atoms with Gasteiger partial charge in [0.2, 0.25) is 0 Å². The van der Waals surface area contributed by atoms with E-state index in [0.717, 1.165) is 23.2 Å². The summed E-state index contributed by atoms with van der Waals surface area (Å²) in [7, 11) is 1.27. The van der Waals surface area contributed by atoms with Crippen molar-refractivity contribution in [2.75, 3.05) is 17.3 Å². The number of carbonyl (C=O) groups is 3. The zero-order valence-electron chi connectivity index (χ0n) is 18.8. The summed E-state index contributed by atoms with van der Waals surface area (Å²) in [6, 6.07) is 19.1. The number of ether oxygens (including phenoxy) is 1. The first-order chi connectivity index (χ1) is 16.4. The molecule has 34 heavy (non-hydrogen) atoms. The molecule has 0 saturated heterocycles. The van der Waals surface area contributed by atoms with Gasteiger partial charge in [0, 0.05) is 28.9 Å². The summed E-state index contributed by atoms with van der Waals surface area (Å²) in [6.45, 7) is 2.26. The van der Waals surface area contributed by atoms with Gasteiger partial charge >= 0.3 is 12.0 Å². The molecule has 174 valence electrons. The molecule has 0 bridgehead atoms. The largest absolute Gasteiger partial charge is 0.465 e. The minimum atomic E-state index is -0.581. The van der Waals surface area contributed by atoms with Gasteiger partial charge in [-0.1, -0.05) is 41.9 Å². The van der Waals surface area contributed by atoms with Crippen LogP contribution in [0, 0.1) is 0 Å². The van der Waals surface area contributed by atoms with E-state index in [9.17, 15) is 14.4 Å². The predicted molar refractivity (Wildman–Crippen MR) is 132 cm³/mol. The fourth-order valence-electron chi connectivity index (χ4n) is 4.05. The highest BCUT2D eigenvalue weighted by Crippen LogP contribution is 2.34. The Morgan fingerprint density at radius 2 is 1.82 bits per heavy atom. The Labute approximate surface area is 202 Å². The minimum Gasteiger partial charge on any atom is -0.465 e. The second kappa shape index (κ2) is 9.97. The molecule has 2 N–H and O–H groups in total. The molecule has 0 aliphatic carbocycles. The van der Waals surface area contributed by atoms with Crippen LogP contribution in [0.4, 0.5) is 16.2 Å². The molecule has 3 aromatic rings. The average molecular weight is 478 g/mol. The normalized spacial score (nSPS) is 14.3. The van der Waals surface area contributed by atoms with Gasteiger partial charge in [0.15, 0.2) is 0 Å². The first kappa shape index (κ1) is 23.3. The topological polar surface area (TPSA) is 87.7 Å². The SMILES string of the molecule is COC(=O)c1ccc(Cl)cc1NC(=O)NCc1ccc2c(c1)N(C(=O)c1ccccc1)C(C)C2. The summed E-state index contributed by atoms with van der Waals surface area (Å²) in [5.41, 5.74) is 3.86. The van der Waals surface area contributed by atoms with Crippen LogP contribution in [0.3, 0.4) is 0 Å². The fourth-order valence-corrected chi connectivity index (χ4v) is 4.22. The zero-order chi connectivity index (χ0) is 24.2. The van der Waals surface area contributed by atoms with Crippen molar-refractivity contribution < 1.29 is 19.1 Å². The number of anilines is 2. The van der Waals surface area contributed by atoms with Gasteiger partial charge < -0.3 is 20.3 Å². The van der Waals surface area contributed by atoms with Crippen molar-refractivity contribution >= 4 is 40.9 Å². The third-order valence-corrected chi connectivity index (χ3v) is 5.93. The lowest BCUT2D eigenvalue weighted by molar-refractivity contribution is 0.0601. The van der Waals surface area contributed by atoms with Crippen molar-refractivity contribution in [1.82, 2.24) is 5.32 Å². The Bertz CT molecular complexity index is 1250. The number of benzene rings is 3. The third kappa shape index (κ3) is 4.89. The van der Waals surface area contributed by atoms with E-state index in [1.54, 1.807) is 18.2 Å². The molecule has 1 aliphatic heterocycles. The van der Waals surface area contributed by atoms with Crippen LogP contribution in [-0.4, -0.2) is 31.1 Å². The maximum absolute atomic E-state index is 13.1. The maximum atomic E-state index is 13.1. The third-order valence-electron chi connectivity index (χ3n) is 5.69. The second-order valence-electron chi connectivity index (χ2n) is 8.05. The van der Waals surface area contributed by atoms with E-state index < -0.39 is 12.0 Å². The molecule has 1 aliphatic rings. The number of fused-ring (bicyclic) bond motifs is 1. The smallest absolute Gasteiger partial charge is 0.339 e. The van der Waals surface area contributed by atoms with Gasteiger partial charge in [-0.3, -0.25) is 4.79 Å². The molecule has 0 aromatic heterocycles. The van der Waals surface area contributed by atoms with Crippen LogP contribution in [0.15, 0.2) is 66.7 Å². The number of hydrogen-bond acceptors (Lipinski definition) is 4. The van der Waals surface area contributed by atoms with E-state index in [1.807, 2.05) is 48.2 Å². The minimum absolute atomic E-state index is 0.0359. The Balaban J connectivity index is 1.47. The van der Waals surface area contributed by atoms with Crippen LogP contribution in [0.25, 0.3) is 0 Å². The van der Waals surface area contributed by atoms with E-state index in [-0.39, 0.29) is 29.7 Å². The molecule has 1 heterocycles. The fraction of sp³-hybridized carbons (Fsp3) is 0.192. The number of nitrogens with zero attached hydrogens (tertiary/aromatic N) is 1. The average Bonchev–Trinajstić information content (AvgIpc) is 3.17. The highest BCUT2D eigenvalue weighted by Gasteiger charge is 2.31. The second-order valence-corrected chi connectivity index (χ2v) is 8.48. The Morgan fingerprint density at radius 1 is 1.06 bits per heavy atom. The molecule has 4 rings (SSSR count). The molecule has 3 aromatic carbocycles. The van der Waals surface area contributed by atoms with Crippen LogP contribution in [0.2, 0.25) is 5.02 Å². The highest BCUT2D eigenvalue weighted by atomic mass is 35.5. The van der Waals surface area contributed by atoms with E-state index in [0.29, 0.717) is 10.6 Å². The summed E-state index contributed by atoms with van der Waals surface area (Å²) in [5.74, 6) is -0.631. The number of amides is 3. The quantitative estimate of drug-likeness (QED) is 0.504. The van der Waals surface area contributed by atoms with Crippen LogP contribution >= 0.6 is 11.6 Å². The number of carbonyl (C=O) groups excluding carboxylic acids is 3. The van der Waals surface area contributed by atoms with E-state index >= 15 is 0 Å². The first-order valence-corrected chi connectivity index (χ1v) is 11.2. The number of hydrogen-bond donors (Lipinski definition) is 2. The molecule has 3 amide bonds. The predicted octanol–water partition coefficient (Wildman–Crippen LogP) is 5.04. The van der Waals surface area contributed by atoms with Crippen molar-refractivity contribution in [3.05, 3.63) is 94.0 Å². The van der Waals surface area contributed by atoms with Crippen molar-refractivity contribution in [2.24, 2.45) is 0 Å². The number of urea groups is 1. The first-order valence-electron chi connectivity index (χ1n) is 10.8.